The van der Waals surface area contributed by atoms with Crippen molar-refractivity contribution >= 4 is 34.6 Å². The lowest BCUT2D eigenvalue weighted by molar-refractivity contribution is -0.938. The average Bonchev–Trinajstić information content (AvgIpc) is 3.56. The van der Waals surface area contributed by atoms with Gasteiger partial charge in [0.05, 0.1) is 48.6 Å². The highest BCUT2D eigenvalue weighted by molar-refractivity contribution is 7.12. The number of epoxide rings is 1. The van der Waals surface area contributed by atoms with Crippen molar-refractivity contribution in [2.75, 3.05) is 60.0 Å². The van der Waals surface area contributed by atoms with Crippen molar-refractivity contribution in [1.29, 1.82) is 0 Å². The summed E-state index contributed by atoms with van der Waals surface area (Å²) in [4.78, 5) is 35.3. The predicted molar refractivity (Wildman–Crippen MR) is 249 cm³/mol. The summed E-state index contributed by atoms with van der Waals surface area (Å²) in [6, 6.07) is 23.7. The van der Waals surface area contributed by atoms with Gasteiger partial charge in [-0.2, -0.15) is 0 Å². The minimum absolute atomic E-state index is 0.0567. The van der Waals surface area contributed by atoms with E-state index in [9.17, 15) is 20.0 Å². The van der Waals surface area contributed by atoms with Crippen molar-refractivity contribution in [3.63, 3.8) is 0 Å². The first kappa shape index (κ1) is 48.2. The molecule has 5 heterocycles. The number of nitrogens with one attached hydrogen (secondary N) is 1. The van der Waals surface area contributed by atoms with Crippen LogP contribution in [0.2, 0.25) is 0 Å². The first-order chi connectivity index (χ1) is 31.0. The monoisotopic (exact) mass is 919 g/mol. The number of rotatable bonds is 27. The summed E-state index contributed by atoms with van der Waals surface area (Å²) in [6.45, 7) is 8.12. The van der Waals surface area contributed by atoms with Crippen LogP contribution in [0, 0.1) is 0 Å². The number of aliphatic hydroxyl groups excluding tert-OH is 1. The Hall–Kier alpha value is -3.70. The molecule has 0 radical (unpaired) electrons. The molecule has 348 valence electrons. The summed E-state index contributed by atoms with van der Waals surface area (Å²) in [7, 11) is 4.47. The van der Waals surface area contributed by atoms with Crippen LogP contribution in [0.3, 0.4) is 0 Å². The van der Waals surface area contributed by atoms with Crippen molar-refractivity contribution in [1.82, 2.24) is 5.32 Å². The molecule has 3 N–H and O–H groups in total. The second kappa shape index (κ2) is 22.2. The van der Waals surface area contributed by atoms with Gasteiger partial charge < -0.3 is 43.2 Å². The number of hydrogen-bond donors (Lipinski definition) is 3. The van der Waals surface area contributed by atoms with Gasteiger partial charge in [0.2, 0.25) is 0 Å². The third-order valence-electron chi connectivity index (χ3n) is 14.1. The molecular formula is C50H69N3O9S2+2. The lowest BCUT2D eigenvalue weighted by atomic mass is 9.95. The van der Waals surface area contributed by atoms with E-state index in [-0.39, 0.29) is 47.2 Å². The van der Waals surface area contributed by atoms with Crippen LogP contribution in [0.4, 0.5) is 0 Å². The summed E-state index contributed by atoms with van der Waals surface area (Å²) in [5.41, 5.74) is 0.929. The zero-order valence-corrected chi connectivity index (χ0v) is 39.7. The van der Waals surface area contributed by atoms with E-state index < -0.39 is 23.6 Å². The maximum atomic E-state index is 14.8. The van der Waals surface area contributed by atoms with Crippen LogP contribution in [0.1, 0.15) is 97.8 Å². The smallest absolute Gasteiger partial charge is 0.363 e. The molecule has 0 saturated carbocycles. The average molecular weight is 920 g/mol. The van der Waals surface area contributed by atoms with Gasteiger partial charge in [-0.05, 0) is 98.6 Å². The molecule has 0 aliphatic carbocycles. The van der Waals surface area contributed by atoms with Crippen LogP contribution in [0.25, 0.3) is 0 Å². The van der Waals surface area contributed by atoms with Crippen molar-refractivity contribution in [3.05, 3.63) is 110 Å². The van der Waals surface area contributed by atoms with Crippen LogP contribution in [0.15, 0.2) is 83.6 Å². The number of carbonyl (C=O) groups excluding carboxylic acids is 2. The molecule has 0 spiro atoms. The fraction of sp³-hybridized carbons (Fsp3) is 0.560. The molecule has 3 aliphatic heterocycles. The molecule has 64 heavy (non-hydrogen) atoms. The molecule has 2 aromatic carbocycles. The molecule has 4 unspecified atom stereocenters. The van der Waals surface area contributed by atoms with Crippen molar-refractivity contribution in [2.24, 2.45) is 0 Å². The molecule has 2 aromatic heterocycles. The van der Waals surface area contributed by atoms with Crippen molar-refractivity contribution < 1.29 is 52.8 Å². The Morgan fingerprint density at radius 2 is 1.53 bits per heavy atom. The van der Waals surface area contributed by atoms with E-state index >= 15 is 0 Å². The Morgan fingerprint density at radius 1 is 0.875 bits per heavy atom. The molecule has 4 aromatic rings. The molecule has 2 bridgehead atoms. The van der Waals surface area contributed by atoms with Gasteiger partial charge in [-0.1, -0.05) is 61.4 Å². The quantitative estimate of drug-likeness (QED) is 0.0135. The highest BCUT2D eigenvalue weighted by Crippen LogP contribution is 2.52. The highest BCUT2D eigenvalue weighted by Gasteiger charge is 2.71. The van der Waals surface area contributed by atoms with Gasteiger partial charge in [-0.25, -0.2) is 14.8 Å². The summed E-state index contributed by atoms with van der Waals surface area (Å²) >= 11 is 2.72. The molecule has 3 saturated heterocycles. The summed E-state index contributed by atoms with van der Waals surface area (Å²) in [6.07, 6.45) is 8.23. The summed E-state index contributed by atoms with van der Waals surface area (Å²) in [5.74, 6) is -0.883. The molecule has 3 fully saturated rings. The first-order valence-corrected chi connectivity index (χ1v) is 25.1. The Kier molecular flexibility index (Phi) is 16.7. The summed E-state index contributed by atoms with van der Waals surface area (Å²) < 4.78 is 25.9. The van der Waals surface area contributed by atoms with Gasteiger partial charge in [0.25, 0.3) is 5.60 Å². The van der Waals surface area contributed by atoms with Gasteiger partial charge >= 0.3 is 11.9 Å². The van der Waals surface area contributed by atoms with E-state index in [4.69, 9.17) is 23.8 Å². The van der Waals surface area contributed by atoms with E-state index in [1.54, 1.807) is 12.1 Å². The number of ether oxygens (including phenoxy) is 4. The Bertz CT molecular complexity index is 2010. The normalized spacial score (nSPS) is 21.6. The highest BCUT2D eigenvalue weighted by atomic mass is 32.1. The van der Waals surface area contributed by atoms with E-state index in [0.717, 1.165) is 69.2 Å². The minimum atomic E-state index is -1.77. The first-order valence-electron chi connectivity index (χ1n) is 23.3. The molecule has 6 atom stereocenters. The summed E-state index contributed by atoms with van der Waals surface area (Å²) in [5, 5.41) is 28.3. The van der Waals surface area contributed by atoms with E-state index in [2.05, 4.69) is 49.7 Å². The number of fused-ring (bicyclic) bond motifs is 5. The maximum absolute atomic E-state index is 14.8. The molecule has 0 amide bonds. The van der Waals surface area contributed by atoms with Crippen molar-refractivity contribution in [2.45, 2.75) is 120 Å². The van der Waals surface area contributed by atoms with Gasteiger partial charge in [0.15, 0.2) is 12.3 Å². The van der Waals surface area contributed by atoms with Crippen LogP contribution < -0.4 is 10.2 Å². The molecular weight excluding hydrogens is 851 g/mol. The van der Waals surface area contributed by atoms with Crippen LogP contribution in [0.5, 0.6) is 5.75 Å². The number of piperidine rings is 1. The number of esters is 2. The number of carbonyl (C=O) groups is 2. The zero-order valence-electron chi connectivity index (χ0n) is 38.0. The molecule has 14 heteroatoms. The number of benzene rings is 2. The van der Waals surface area contributed by atoms with Crippen molar-refractivity contribution in [3.8, 4) is 5.75 Å². The van der Waals surface area contributed by atoms with Gasteiger partial charge in [0.1, 0.15) is 36.9 Å². The van der Waals surface area contributed by atoms with E-state index in [1.165, 1.54) is 28.2 Å². The largest absolute Gasteiger partial charge is 0.458 e. The number of likely N-dealkylation sites (N-methyl/N-ethyl adjacent to an activating group) is 2. The second-order valence-corrected chi connectivity index (χ2v) is 20.3. The maximum Gasteiger partial charge on any atom is 0.363 e. The number of nitrogens with zero attached hydrogens (tertiary/aromatic N) is 2. The SMILES string of the molecule is CC[N+](CC)(CC(=O)OC(C(=O)OC1CC2[C@H]3O[C@H]3C(C1)[N+]2(C)C)(c1cccs1)c1cccs1)Cc1cc(C(O)CNCCCCCCOCCCCc2ccccc2)ccc1OO. The third-order valence-corrected chi connectivity index (χ3v) is 16.0. The van der Waals surface area contributed by atoms with Crippen LogP contribution in [-0.2, 0) is 47.1 Å². The van der Waals surface area contributed by atoms with Gasteiger partial charge in [-0.3, -0.25) is 0 Å². The number of aryl methyl sites for hydroxylation is 1. The number of aliphatic hydroxyl groups is 1. The Balaban J connectivity index is 0.923. The Morgan fingerprint density at radius 3 is 2.16 bits per heavy atom. The fourth-order valence-corrected chi connectivity index (χ4v) is 11.8. The van der Waals surface area contributed by atoms with E-state index in [0.29, 0.717) is 59.9 Å². The minimum Gasteiger partial charge on any atom is -0.458 e. The molecule has 3 aliphatic rings. The van der Waals surface area contributed by atoms with Crippen LogP contribution >= 0.6 is 22.7 Å². The zero-order chi connectivity index (χ0) is 45.2. The number of quaternary nitrogens is 2. The standard InChI is InChI=1S/C50H68N3O9S2/c1-5-53(6-2,34-38-30-37(23-24-43(38)62-57)42(54)33-51-25-13-7-8-14-26-58-27-15-12-20-36-18-10-9-11-19-36)35-46(55)61-50(44-21-16-28-63-44,45-22-17-29-64-45)49(56)59-39-31-40-47-48(60-47)41(32-39)52(40,3)4/h9-11,16-19,21-24,28-30,39-42,47-48,51,54H,5-8,12-15,20,25-27,31-35H2,1-4H3/q+1/p+1/t39?,40?,41?,42?,47-,48+. The predicted octanol–water partition coefficient (Wildman–Crippen LogP) is 8.03. The molecule has 12 nitrogen and oxygen atoms in total. The third kappa shape index (κ3) is 11.3. The van der Waals surface area contributed by atoms with Gasteiger partial charge in [0, 0.05) is 32.6 Å². The number of thiophene rings is 2. The number of morpholine rings is 1. The Labute approximate surface area is 387 Å². The number of unbranched alkanes of at least 4 members (excludes halogenated alkanes) is 4. The van der Waals surface area contributed by atoms with Crippen LogP contribution in [-0.4, -0.2) is 122 Å². The topological polar surface area (TPSA) is 136 Å². The molecule has 7 rings (SSSR count). The second-order valence-electron chi connectivity index (χ2n) is 18.4. The van der Waals surface area contributed by atoms with Gasteiger partial charge in [-0.15, -0.1) is 22.7 Å². The fourth-order valence-electron chi connectivity index (χ4n) is 9.99. The number of hydrogen-bond acceptors (Lipinski definition) is 12. The van der Waals surface area contributed by atoms with E-state index in [1.807, 2.05) is 54.9 Å². The lowest BCUT2D eigenvalue weighted by Gasteiger charge is -2.45. The lowest BCUT2D eigenvalue weighted by Crippen LogP contribution is -2.60.